The minimum absolute atomic E-state index is 0.168. The summed E-state index contributed by atoms with van der Waals surface area (Å²) in [6.45, 7) is 6.82. The summed E-state index contributed by atoms with van der Waals surface area (Å²) >= 11 is 0. The van der Waals surface area contributed by atoms with Crippen molar-refractivity contribution < 1.29 is 0 Å². The van der Waals surface area contributed by atoms with Crippen LogP contribution >= 0.6 is 0 Å². The molecule has 1 heteroatoms. The topological polar surface area (TPSA) is 26.0 Å². The van der Waals surface area contributed by atoms with Gasteiger partial charge in [0.1, 0.15) is 0 Å². The van der Waals surface area contributed by atoms with Crippen molar-refractivity contribution in [2.75, 3.05) is 0 Å². The smallest absolute Gasteiger partial charge is 0.0303 e. The van der Waals surface area contributed by atoms with Crippen LogP contribution in [0.3, 0.4) is 0 Å². The normalized spacial score (nSPS) is 12.6. The molecule has 2 N–H and O–H groups in total. The molecule has 0 aliphatic heterocycles. The van der Waals surface area contributed by atoms with Crippen LogP contribution in [0.4, 0.5) is 0 Å². The van der Waals surface area contributed by atoms with E-state index in [1.54, 1.807) is 0 Å². The number of unbranched alkanes of at least 4 members (excludes halogenated alkanes) is 8. The van der Waals surface area contributed by atoms with E-state index < -0.39 is 0 Å². The Morgan fingerprint density at radius 3 is 2.04 bits per heavy atom. The number of nitrogens with two attached hydrogens (primary N) is 1. The van der Waals surface area contributed by atoms with Crippen molar-refractivity contribution in [2.24, 2.45) is 5.73 Å². The number of aryl methyl sites for hydroxylation is 1. The first kappa shape index (κ1) is 22.0. The predicted octanol–water partition coefficient (Wildman–Crippen LogP) is 7.89. The molecule has 0 saturated heterocycles. The van der Waals surface area contributed by atoms with Crippen LogP contribution < -0.4 is 5.73 Å². The predicted molar refractivity (Wildman–Crippen MR) is 121 cm³/mol. The number of benzene rings is 2. The standard InChI is InChI=1S/C26H41N/c1-4-7-8-9-10-11-12-13-14-19-25(27)26-23(6-3)21(5-2)20-22-17-15-16-18-24(22)26/h15-18,20,25H,4-14,19,27H2,1-3H3. The Balaban J connectivity index is 1.93. The molecule has 1 nitrogen and oxygen atoms in total. The zero-order valence-corrected chi connectivity index (χ0v) is 18.0. The molecule has 2 aromatic carbocycles. The van der Waals surface area contributed by atoms with Gasteiger partial charge >= 0.3 is 0 Å². The van der Waals surface area contributed by atoms with Gasteiger partial charge in [-0.1, -0.05) is 109 Å². The Morgan fingerprint density at radius 2 is 1.41 bits per heavy atom. The summed E-state index contributed by atoms with van der Waals surface area (Å²) in [6.07, 6.45) is 15.6. The summed E-state index contributed by atoms with van der Waals surface area (Å²) in [5.74, 6) is 0. The lowest BCUT2D eigenvalue weighted by atomic mass is 9.86. The number of hydrogen-bond acceptors (Lipinski definition) is 1. The highest BCUT2D eigenvalue weighted by molar-refractivity contribution is 5.88. The molecule has 0 aliphatic rings. The maximum atomic E-state index is 6.76. The van der Waals surface area contributed by atoms with E-state index in [0.29, 0.717) is 0 Å². The molecule has 1 atom stereocenters. The van der Waals surface area contributed by atoms with Gasteiger partial charge in [0, 0.05) is 6.04 Å². The highest BCUT2D eigenvalue weighted by atomic mass is 14.6. The summed E-state index contributed by atoms with van der Waals surface area (Å²) in [7, 11) is 0. The van der Waals surface area contributed by atoms with Crippen LogP contribution in [0.5, 0.6) is 0 Å². The second-order valence-electron chi connectivity index (χ2n) is 8.08. The second kappa shape index (κ2) is 12.2. The first-order chi connectivity index (χ1) is 13.2. The average molecular weight is 368 g/mol. The van der Waals surface area contributed by atoms with E-state index >= 15 is 0 Å². The monoisotopic (exact) mass is 367 g/mol. The largest absolute Gasteiger partial charge is 0.324 e. The first-order valence-electron chi connectivity index (χ1n) is 11.5. The Kier molecular flexibility index (Phi) is 9.91. The highest BCUT2D eigenvalue weighted by Crippen LogP contribution is 2.33. The van der Waals surface area contributed by atoms with E-state index in [1.807, 2.05) is 0 Å². The van der Waals surface area contributed by atoms with Gasteiger partial charge in [-0.25, -0.2) is 0 Å². The molecule has 150 valence electrons. The molecule has 0 saturated carbocycles. The molecule has 2 aromatic rings. The SMILES string of the molecule is CCCCCCCCCCCC(N)c1c(CC)c(CC)cc2ccccc12. The molecule has 0 aromatic heterocycles. The fraction of sp³-hybridized carbons (Fsp3) is 0.615. The van der Waals surface area contributed by atoms with E-state index in [2.05, 4.69) is 51.1 Å². The fourth-order valence-electron chi connectivity index (χ4n) is 4.45. The van der Waals surface area contributed by atoms with Crippen molar-refractivity contribution in [3.8, 4) is 0 Å². The summed E-state index contributed by atoms with van der Waals surface area (Å²) < 4.78 is 0. The molecule has 0 aliphatic carbocycles. The maximum Gasteiger partial charge on any atom is 0.0303 e. The van der Waals surface area contributed by atoms with Gasteiger partial charge in [-0.2, -0.15) is 0 Å². The lowest BCUT2D eigenvalue weighted by molar-refractivity contribution is 0.532. The van der Waals surface area contributed by atoms with Gasteiger partial charge in [0.05, 0.1) is 0 Å². The Hall–Kier alpha value is -1.34. The van der Waals surface area contributed by atoms with Crippen LogP contribution in [0, 0.1) is 0 Å². The van der Waals surface area contributed by atoms with Crippen LogP contribution in [-0.4, -0.2) is 0 Å². The highest BCUT2D eigenvalue weighted by Gasteiger charge is 2.16. The molecule has 0 bridgehead atoms. The molecule has 0 heterocycles. The van der Waals surface area contributed by atoms with E-state index in [0.717, 1.165) is 19.3 Å². The Bertz CT molecular complexity index is 673. The third-order valence-corrected chi connectivity index (χ3v) is 6.02. The van der Waals surface area contributed by atoms with Gasteiger partial charge in [0.2, 0.25) is 0 Å². The van der Waals surface area contributed by atoms with Gasteiger partial charge in [-0.15, -0.1) is 0 Å². The Labute approximate surface area is 167 Å². The van der Waals surface area contributed by atoms with Crippen molar-refractivity contribution >= 4 is 10.8 Å². The zero-order chi connectivity index (χ0) is 19.5. The molecule has 0 fully saturated rings. The summed E-state index contributed by atoms with van der Waals surface area (Å²) in [5, 5.41) is 2.72. The van der Waals surface area contributed by atoms with E-state index in [1.165, 1.54) is 85.3 Å². The molecule has 2 rings (SSSR count). The fourth-order valence-corrected chi connectivity index (χ4v) is 4.45. The van der Waals surface area contributed by atoms with Crippen molar-refractivity contribution in [2.45, 2.75) is 104 Å². The van der Waals surface area contributed by atoms with Crippen LogP contribution in [0.15, 0.2) is 30.3 Å². The molecule has 0 amide bonds. The van der Waals surface area contributed by atoms with Gasteiger partial charge in [0.15, 0.2) is 0 Å². The van der Waals surface area contributed by atoms with E-state index in [4.69, 9.17) is 5.73 Å². The van der Waals surface area contributed by atoms with Gasteiger partial charge in [-0.05, 0) is 46.7 Å². The van der Waals surface area contributed by atoms with Crippen LogP contribution in [0.2, 0.25) is 0 Å². The van der Waals surface area contributed by atoms with Gasteiger partial charge in [0.25, 0.3) is 0 Å². The van der Waals surface area contributed by atoms with Crippen molar-refractivity contribution in [3.63, 3.8) is 0 Å². The quantitative estimate of drug-likeness (QED) is 0.358. The summed E-state index contributed by atoms with van der Waals surface area (Å²) in [5.41, 5.74) is 11.2. The maximum absolute atomic E-state index is 6.76. The number of rotatable bonds is 13. The van der Waals surface area contributed by atoms with Crippen LogP contribution in [0.25, 0.3) is 10.8 Å². The Morgan fingerprint density at radius 1 is 0.778 bits per heavy atom. The van der Waals surface area contributed by atoms with Gasteiger partial charge in [-0.3, -0.25) is 0 Å². The molecule has 0 spiro atoms. The first-order valence-corrected chi connectivity index (χ1v) is 11.5. The van der Waals surface area contributed by atoms with Crippen LogP contribution in [0.1, 0.15) is 108 Å². The lowest BCUT2D eigenvalue weighted by Crippen LogP contribution is -2.14. The van der Waals surface area contributed by atoms with Gasteiger partial charge < -0.3 is 5.73 Å². The molecular formula is C26H41N. The minimum Gasteiger partial charge on any atom is -0.324 e. The third kappa shape index (κ3) is 6.35. The number of fused-ring (bicyclic) bond motifs is 1. The van der Waals surface area contributed by atoms with Crippen molar-refractivity contribution in [1.82, 2.24) is 0 Å². The van der Waals surface area contributed by atoms with E-state index in [9.17, 15) is 0 Å². The molecular weight excluding hydrogens is 326 g/mol. The van der Waals surface area contributed by atoms with Crippen LogP contribution in [-0.2, 0) is 12.8 Å². The molecule has 27 heavy (non-hydrogen) atoms. The second-order valence-corrected chi connectivity index (χ2v) is 8.08. The summed E-state index contributed by atoms with van der Waals surface area (Å²) in [4.78, 5) is 0. The lowest BCUT2D eigenvalue weighted by Gasteiger charge is -2.22. The molecule has 1 unspecified atom stereocenters. The zero-order valence-electron chi connectivity index (χ0n) is 18.0. The molecule has 0 radical (unpaired) electrons. The minimum atomic E-state index is 0.168. The van der Waals surface area contributed by atoms with E-state index in [-0.39, 0.29) is 6.04 Å². The van der Waals surface area contributed by atoms with Crippen molar-refractivity contribution in [3.05, 3.63) is 47.0 Å². The average Bonchev–Trinajstić information content (AvgIpc) is 2.70. The summed E-state index contributed by atoms with van der Waals surface area (Å²) in [6, 6.07) is 11.3. The third-order valence-electron chi connectivity index (χ3n) is 6.02. The van der Waals surface area contributed by atoms with Crippen molar-refractivity contribution in [1.29, 1.82) is 0 Å². The number of hydrogen-bond donors (Lipinski definition) is 1.